The van der Waals surface area contributed by atoms with Gasteiger partial charge < -0.3 is 13.9 Å². The van der Waals surface area contributed by atoms with Crippen molar-refractivity contribution in [3.05, 3.63) is 163 Å². The first-order valence-corrected chi connectivity index (χ1v) is 17.4. The number of aromatic nitrogens is 4. The van der Waals surface area contributed by atoms with Gasteiger partial charge in [-0.1, -0.05) is 108 Å². The minimum Gasteiger partial charge on any atom is -0.510 e. The molecule has 0 N–H and O–H groups in total. The van der Waals surface area contributed by atoms with Gasteiger partial charge >= 0.3 is 0 Å². The minimum atomic E-state index is -0.0175. The van der Waals surface area contributed by atoms with E-state index in [4.69, 9.17) is 9.72 Å². The number of benzene rings is 5. The van der Waals surface area contributed by atoms with Crippen LogP contribution in [0.5, 0.6) is 11.5 Å². The normalized spacial score (nSPS) is 11.9. The summed E-state index contributed by atoms with van der Waals surface area (Å²) in [6.07, 6.45) is 9.37. The Morgan fingerprint density at radius 3 is 2.19 bits per heavy atom. The van der Waals surface area contributed by atoms with Gasteiger partial charge in [-0.2, -0.15) is 18.2 Å². The van der Waals surface area contributed by atoms with E-state index in [9.17, 15) is 0 Å². The van der Waals surface area contributed by atoms with Crippen LogP contribution in [0.4, 0.5) is 0 Å². The van der Waals surface area contributed by atoms with Crippen LogP contribution in [0.1, 0.15) is 52.7 Å². The van der Waals surface area contributed by atoms with Gasteiger partial charge in [0.2, 0.25) is 0 Å². The zero-order valence-corrected chi connectivity index (χ0v) is 32.5. The summed E-state index contributed by atoms with van der Waals surface area (Å²) in [5.41, 5.74) is 8.66. The molecule has 5 aromatic carbocycles. The molecule has 0 radical (unpaired) electrons. The number of ether oxygens (including phenoxy) is 1. The zero-order chi connectivity index (χ0) is 35.3. The molecule has 8 aromatic rings. The summed E-state index contributed by atoms with van der Waals surface area (Å²) in [7, 11) is 0. The molecular formula is C46H40N4OPt-2. The van der Waals surface area contributed by atoms with Crippen LogP contribution in [-0.4, -0.2) is 14.1 Å². The monoisotopic (exact) mass is 859 g/mol. The van der Waals surface area contributed by atoms with Crippen molar-refractivity contribution in [2.24, 2.45) is 0 Å². The van der Waals surface area contributed by atoms with Gasteiger partial charge in [-0.05, 0) is 68.4 Å². The fraction of sp³-hybridized carbons (Fsp3) is 0.174. The van der Waals surface area contributed by atoms with Gasteiger partial charge in [0, 0.05) is 56.7 Å². The van der Waals surface area contributed by atoms with Gasteiger partial charge in [0.15, 0.2) is 0 Å². The van der Waals surface area contributed by atoms with E-state index in [2.05, 4.69) is 143 Å². The van der Waals surface area contributed by atoms with Crippen molar-refractivity contribution in [1.82, 2.24) is 14.1 Å². The van der Waals surface area contributed by atoms with Crippen LogP contribution in [0.3, 0.4) is 0 Å². The summed E-state index contributed by atoms with van der Waals surface area (Å²) < 4.78 is 12.6. The molecule has 3 heterocycles. The Balaban J connectivity index is 0.00000420. The average Bonchev–Trinajstić information content (AvgIpc) is 3.75. The molecule has 0 saturated heterocycles. The van der Waals surface area contributed by atoms with E-state index in [1.165, 1.54) is 16.5 Å². The van der Waals surface area contributed by atoms with Crippen molar-refractivity contribution < 1.29 is 30.4 Å². The first-order valence-electron chi connectivity index (χ1n) is 17.4. The van der Waals surface area contributed by atoms with E-state index in [1.807, 2.05) is 64.1 Å². The standard InChI is InChI=1S/C46H40N4O.Pt/c1-45(2,3)33-19-22-42-40(27-33)39-21-20-37(30-43(39)50(42)44-28-34(23-24-47-44)46(4,5)6)51-36-16-12-15-35(29-36)48-25-26-49(31-48)41-18-11-10-17-38(41)32-13-8-7-9-14-32;/h7-28H,1-6H3;/q-2;. The largest absolute Gasteiger partial charge is 0.510 e. The quantitative estimate of drug-likeness (QED) is 0.123. The molecule has 0 bridgehead atoms. The third kappa shape index (κ3) is 6.74. The molecule has 0 aliphatic heterocycles. The fourth-order valence-corrected chi connectivity index (χ4v) is 6.58. The number of pyridine rings is 1. The summed E-state index contributed by atoms with van der Waals surface area (Å²) >= 11 is 0. The minimum absolute atomic E-state index is 0. The Labute approximate surface area is 320 Å². The number of rotatable bonds is 6. The molecule has 0 atom stereocenters. The third-order valence-corrected chi connectivity index (χ3v) is 9.42. The molecule has 0 saturated carbocycles. The van der Waals surface area contributed by atoms with E-state index < -0.39 is 0 Å². The molecule has 262 valence electrons. The van der Waals surface area contributed by atoms with Crippen LogP contribution < -0.4 is 9.30 Å². The summed E-state index contributed by atoms with van der Waals surface area (Å²) in [5, 5.41) is 2.27. The second-order valence-electron chi connectivity index (χ2n) is 15.1. The van der Waals surface area contributed by atoms with Crippen LogP contribution >= 0.6 is 0 Å². The maximum atomic E-state index is 6.48. The number of nitrogens with zero attached hydrogens (tertiary/aromatic N) is 4. The molecule has 8 rings (SSSR count). The third-order valence-electron chi connectivity index (χ3n) is 9.42. The Bertz CT molecular complexity index is 2530. The van der Waals surface area contributed by atoms with Crippen molar-refractivity contribution >= 4 is 21.8 Å². The topological polar surface area (TPSA) is 35.9 Å². The molecule has 3 aromatic heterocycles. The molecule has 0 aliphatic carbocycles. The molecular weight excluding hydrogens is 820 g/mol. The van der Waals surface area contributed by atoms with Crippen molar-refractivity contribution in [1.29, 1.82) is 0 Å². The van der Waals surface area contributed by atoms with E-state index in [-0.39, 0.29) is 31.9 Å². The summed E-state index contributed by atoms with van der Waals surface area (Å²) in [4.78, 5) is 4.86. The van der Waals surface area contributed by atoms with Crippen molar-refractivity contribution in [3.8, 4) is 39.8 Å². The molecule has 0 spiro atoms. The molecule has 5 nitrogen and oxygen atoms in total. The van der Waals surface area contributed by atoms with Gasteiger partial charge in [-0.3, -0.25) is 4.57 Å². The Morgan fingerprint density at radius 1 is 0.673 bits per heavy atom. The molecule has 0 fully saturated rings. The second kappa shape index (κ2) is 13.7. The van der Waals surface area contributed by atoms with Crippen LogP contribution in [0.15, 0.2) is 134 Å². The summed E-state index contributed by atoms with van der Waals surface area (Å²) in [6, 6.07) is 46.9. The summed E-state index contributed by atoms with van der Waals surface area (Å²) in [6.45, 7) is 13.4. The number of para-hydroxylation sites is 1. The van der Waals surface area contributed by atoms with Crippen LogP contribution in [0.2, 0.25) is 0 Å². The molecule has 52 heavy (non-hydrogen) atoms. The molecule has 0 aliphatic rings. The number of fused-ring (bicyclic) bond motifs is 3. The maximum Gasteiger partial charge on any atom is 0.267 e. The SMILES string of the molecule is CC(C)(C)c1ccnc(-n2c3[c-]c(Oc4[c-]c(-n5[c-][n+](-c6ccccc6-c6ccccc6)cc5)ccc4)ccc3c3cc(C(C)(C)C)ccc32)c1.[Pt]. The first-order chi connectivity index (χ1) is 24.5. The van der Waals surface area contributed by atoms with E-state index in [0.29, 0.717) is 11.5 Å². The fourth-order valence-electron chi connectivity index (χ4n) is 6.58. The Morgan fingerprint density at radius 2 is 1.40 bits per heavy atom. The van der Waals surface area contributed by atoms with E-state index >= 15 is 0 Å². The van der Waals surface area contributed by atoms with Crippen molar-refractivity contribution in [2.75, 3.05) is 0 Å². The predicted molar refractivity (Wildman–Crippen MR) is 205 cm³/mol. The number of hydrogen-bond donors (Lipinski definition) is 0. The molecule has 0 unspecified atom stereocenters. The summed E-state index contributed by atoms with van der Waals surface area (Å²) in [5.74, 6) is 2.05. The van der Waals surface area contributed by atoms with E-state index in [1.54, 1.807) is 0 Å². The van der Waals surface area contributed by atoms with Crippen LogP contribution in [0, 0.1) is 18.5 Å². The van der Waals surface area contributed by atoms with Gasteiger partial charge in [-0.25, -0.2) is 4.98 Å². The Hall–Kier alpha value is -5.25. The molecule has 6 heteroatoms. The van der Waals surface area contributed by atoms with Gasteiger partial charge in [0.1, 0.15) is 5.82 Å². The van der Waals surface area contributed by atoms with Gasteiger partial charge in [-0.15, -0.1) is 29.7 Å². The Kier molecular flexibility index (Phi) is 9.27. The number of imidazole rings is 1. The average molecular weight is 860 g/mol. The van der Waals surface area contributed by atoms with E-state index in [0.717, 1.165) is 44.7 Å². The molecule has 0 amide bonds. The van der Waals surface area contributed by atoms with Gasteiger partial charge in [0.25, 0.3) is 6.33 Å². The zero-order valence-electron chi connectivity index (χ0n) is 30.2. The second-order valence-corrected chi connectivity index (χ2v) is 15.1. The van der Waals surface area contributed by atoms with Gasteiger partial charge in [0.05, 0.1) is 5.69 Å². The first kappa shape index (κ1) is 35.2. The van der Waals surface area contributed by atoms with Crippen LogP contribution in [-0.2, 0) is 31.9 Å². The smallest absolute Gasteiger partial charge is 0.267 e. The van der Waals surface area contributed by atoms with Crippen LogP contribution in [0.25, 0.3) is 50.1 Å². The van der Waals surface area contributed by atoms with Crippen molar-refractivity contribution in [2.45, 2.75) is 52.4 Å². The maximum absolute atomic E-state index is 6.48. The number of hydrogen-bond acceptors (Lipinski definition) is 2. The predicted octanol–water partition coefficient (Wildman–Crippen LogP) is 10.7. The van der Waals surface area contributed by atoms with Crippen molar-refractivity contribution in [3.63, 3.8) is 0 Å².